The summed E-state index contributed by atoms with van der Waals surface area (Å²) < 4.78 is 7.55. The van der Waals surface area contributed by atoms with Gasteiger partial charge in [0.1, 0.15) is 11.6 Å². The van der Waals surface area contributed by atoms with Crippen LogP contribution in [0.15, 0.2) is 60.8 Å². The van der Waals surface area contributed by atoms with Crippen molar-refractivity contribution >= 4 is 5.91 Å². The Morgan fingerprint density at radius 1 is 1.10 bits per heavy atom. The number of methoxy groups -OCH3 is 1. The van der Waals surface area contributed by atoms with Gasteiger partial charge in [-0.25, -0.2) is 4.98 Å². The lowest BCUT2D eigenvalue weighted by atomic mass is 9.90. The quantitative estimate of drug-likeness (QED) is 0.629. The minimum Gasteiger partial charge on any atom is -0.497 e. The molecular formula is C25H27N3O2. The Labute approximate surface area is 177 Å². The van der Waals surface area contributed by atoms with E-state index < -0.39 is 0 Å². The molecule has 3 aromatic rings. The molecular weight excluding hydrogens is 374 g/mol. The van der Waals surface area contributed by atoms with Crippen molar-refractivity contribution in [1.29, 1.82) is 0 Å². The highest BCUT2D eigenvalue weighted by Crippen LogP contribution is 2.51. The summed E-state index contributed by atoms with van der Waals surface area (Å²) in [6.45, 7) is 4.43. The molecule has 1 aliphatic carbocycles. The zero-order valence-electron chi connectivity index (χ0n) is 17.5. The van der Waals surface area contributed by atoms with Crippen LogP contribution >= 0.6 is 0 Å². The third-order valence-corrected chi connectivity index (χ3v) is 6.61. The first-order valence-electron chi connectivity index (χ1n) is 10.6. The van der Waals surface area contributed by atoms with Gasteiger partial charge in [0.25, 0.3) is 0 Å². The molecule has 1 saturated carbocycles. The maximum Gasteiger partial charge on any atom is 0.233 e. The van der Waals surface area contributed by atoms with E-state index in [1.165, 1.54) is 5.56 Å². The lowest BCUT2D eigenvalue weighted by molar-refractivity contribution is -0.138. The minimum atomic E-state index is -0.327. The van der Waals surface area contributed by atoms with Crippen molar-refractivity contribution in [3.63, 3.8) is 0 Å². The highest BCUT2D eigenvalue weighted by Gasteiger charge is 2.55. The summed E-state index contributed by atoms with van der Waals surface area (Å²) in [5.41, 5.74) is 3.21. The highest BCUT2D eigenvalue weighted by atomic mass is 16.5. The molecule has 2 aliphatic rings. The zero-order valence-corrected chi connectivity index (χ0v) is 17.5. The van der Waals surface area contributed by atoms with Crippen LogP contribution in [0.4, 0.5) is 0 Å². The molecule has 0 N–H and O–H groups in total. The van der Waals surface area contributed by atoms with Gasteiger partial charge in [0.2, 0.25) is 5.91 Å². The Morgan fingerprint density at radius 3 is 2.43 bits per heavy atom. The van der Waals surface area contributed by atoms with E-state index >= 15 is 0 Å². The summed E-state index contributed by atoms with van der Waals surface area (Å²) in [6, 6.07) is 18.4. The van der Waals surface area contributed by atoms with Crippen molar-refractivity contribution < 1.29 is 9.53 Å². The first-order chi connectivity index (χ1) is 14.6. The third-order valence-electron chi connectivity index (χ3n) is 6.61. The Balaban J connectivity index is 1.28. The second kappa shape index (κ2) is 7.31. The van der Waals surface area contributed by atoms with E-state index in [0.29, 0.717) is 5.92 Å². The molecule has 1 amide bonds. The maximum absolute atomic E-state index is 13.3. The first-order valence-corrected chi connectivity index (χ1v) is 10.6. The minimum absolute atomic E-state index is 0.266. The van der Waals surface area contributed by atoms with Gasteiger partial charge in [-0.3, -0.25) is 4.79 Å². The van der Waals surface area contributed by atoms with E-state index in [1.54, 1.807) is 7.11 Å². The third kappa shape index (κ3) is 3.18. The Hall–Kier alpha value is -3.08. The number of aromatic nitrogens is 2. The van der Waals surface area contributed by atoms with Crippen LogP contribution in [0.1, 0.15) is 41.4 Å². The van der Waals surface area contributed by atoms with E-state index in [4.69, 9.17) is 9.72 Å². The van der Waals surface area contributed by atoms with Gasteiger partial charge in [-0.2, -0.15) is 0 Å². The average molecular weight is 402 g/mol. The predicted octanol–water partition coefficient (Wildman–Crippen LogP) is 3.91. The fourth-order valence-corrected chi connectivity index (χ4v) is 4.55. The summed E-state index contributed by atoms with van der Waals surface area (Å²) in [5, 5.41) is 0. The Morgan fingerprint density at radius 2 is 1.80 bits per heavy atom. The van der Waals surface area contributed by atoms with E-state index in [2.05, 4.69) is 35.8 Å². The number of hydrogen-bond acceptors (Lipinski definition) is 3. The predicted molar refractivity (Wildman–Crippen MR) is 116 cm³/mol. The number of benzene rings is 2. The number of amides is 1. The first kappa shape index (κ1) is 18.9. The molecule has 2 aromatic carbocycles. The topological polar surface area (TPSA) is 47.4 Å². The van der Waals surface area contributed by atoms with Crippen molar-refractivity contribution in [2.45, 2.75) is 37.6 Å². The number of hydrogen-bond donors (Lipinski definition) is 0. The molecule has 1 aliphatic heterocycles. The van der Waals surface area contributed by atoms with E-state index in [0.717, 1.165) is 55.3 Å². The van der Waals surface area contributed by atoms with Gasteiger partial charge in [-0.05, 0) is 43.0 Å². The van der Waals surface area contributed by atoms with Crippen molar-refractivity contribution in [2.24, 2.45) is 0 Å². The van der Waals surface area contributed by atoms with Crippen molar-refractivity contribution in [3.05, 3.63) is 83.4 Å². The molecule has 5 rings (SSSR count). The molecule has 5 nitrogen and oxygen atoms in total. The number of likely N-dealkylation sites (tertiary alicyclic amines) is 1. The van der Waals surface area contributed by atoms with Gasteiger partial charge in [0, 0.05) is 31.5 Å². The van der Waals surface area contributed by atoms with Crippen LogP contribution in [-0.4, -0.2) is 40.6 Å². The molecule has 0 radical (unpaired) electrons. The highest BCUT2D eigenvalue weighted by molar-refractivity contribution is 5.92. The van der Waals surface area contributed by atoms with Gasteiger partial charge in [0.05, 0.1) is 18.4 Å². The summed E-state index contributed by atoms with van der Waals surface area (Å²) in [7, 11) is 1.66. The summed E-state index contributed by atoms with van der Waals surface area (Å²) >= 11 is 0. The number of carbonyl (C=O) groups excluding carboxylic acids is 1. The molecule has 1 aromatic heterocycles. The lowest BCUT2D eigenvalue weighted by Gasteiger charge is -2.41. The van der Waals surface area contributed by atoms with Gasteiger partial charge in [-0.15, -0.1) is 0 Å². The molecule has 154 valence electrons. The molecule has 2 heterocycles. The normalized spacial score (nSPS) is 17.5. The number of nitrogens with zero attached hydrogens (tertiary/aromatic N) is 3. The van der Waals surface area contributed by atoms with E-state index in [-0.39, 0.29) is 11.3 Å². The van der Waals surface area contributed by atoms with Gasteiger partial charge in [-0.1, -0.05) is 42.5 Å². The number of aryl methyl sites for hydroxylation is 1. The van der Waals surface area contributed by atoms with Crippen LogP contribution in [0.5, 0.6) is 5.75 Å². The summed E-state index contributed by atoms with van der Waals surface area (Å²) in [6.07, 6.45) is 3.81. The van der Waals surface area contributed by atoms with Gasteiger partial charge >= 0.3 is 0 Å². The summed E-state index contributed by atoms with van der Waals surface area (Å²) in [5.74, 6) is 2.49. The second-order valence-corrected chi connectivity index (χ2v) is 8.55. The number of rotatable bonds is 6. The van der Waals surface area contributed by atoms with Gasteiger partial charge < -0.3 is 14.2 Å². The van der Waals surface area contributed by atoms with Crippen molar-refractivity contribution in [2.75, 3.05) is 20.2 Å². The Bertz CT molecular complexity index is 1050. The van der Waals surface area contributed by atoms with Gasteiger partial charge in [0.15, 0.2) is 0 Å². The maximum atomic E-state index is 13.3. The molecule has 0 atom stereocenters. The molecule has 0 spiro atoms. The van der Waals surface area contributed by atoms with E-state index in [1.807, 2.05) is 41.4 Å². The number of carbonyl (C=O) groups is 1. The van der Waals surface area contributed by atoms with Crippen LogP contribution in [0.3, 0.4) is 0 Å². The summed E-state index contributed by atoms with van der Waals surface area (Å²) in [4.78, 5) is 20.0. The second-order valence-electron chi connectivity index (χ2n) is 8.55. The Kier molecular flexibility index (Phi) is 4.61. The van der Waals surface area contributed by atoms with Crippen molar-refractivity contribution in [3.8, 4) is 5.75 Å². The molecule has 1 saturated heterocycles. The van der Waals surface area contributed by atoms with Crippen LogP contribution < -0.4 is 4.74 Å². The number of imidazole rings is 1. The molecule has 0 bridgehead atoms. The monoisotopic (exact) mass is 401 g/mol. The number of ether oxygens (including phenoxy) is 1. The molecule has 0 unspecified atom stereocenters. The zero-order chi connectivity index (χ0) is 20.7. The van der Waals surface area contributed by atoms with E-state index in [9.17, 15) is 4.79 Å². The lowest BCUT2D eigenvalue weighted by Crippen LogP contribution is -2.52. The van der Waals surface area contributed by atoms with Crippen LogP contribution in [0.2, 0.25) is 0 Å². The van der Waals surface area contributed by atoms with Crippen LogP contribution in [0.25, 0.3) is 0 Å². The largest absolute Gasteiger partial charge is 0.497 e. The SMILES string of the molecule is COc1ccc(C2(C(=O)N3CC(c4ncc(C)n4Cc4ccccc4)C3)CC2)cc1. The standard InChI is InChI=1S/C25H27N3O2/c1-18-14-26-23(28(18)15-19-6-4-3-5-7-19)20-16-27(17-20)24(29)25(12-13-25)21-8-10-22(30-2)11-9-21/h3-11,14,20H,12-13,15-17H2,1-2H3. The molecule has 5 heteroatoms. The average Bonchev–Trinajstić information content (AvgIpc) is 3.49. The smallest absolute Gasteiger partial charge is 0.233 e. The fraction of sp³-hybridized carbons (Fsp3) is 0.360. The van der Waals surface area contributed by atoms with Crippen molar-refractivity contribution in [1.82, 2.24) is 14.5 Å². The fourth-order valence-electron chi connectivity index (χ4n) is 4.55. The van der Waals surface area contributed by atoms with Crippen LogP contribution in [-0.2, 0) is 16.8 Å². The molecule has 30 heavy (non-hydrogen) atoms. The molecule has 2 fully saturated rings. The van der Waals surface area contributed by atoms with Crippen LogP contribution in [0, 0.1) is 6.92 Å².